The standard InChI is InChI=1S/C20H22N2O2/c23-20(21-16-12-15-7-2-4-11-19(15)24-13-16)22-18-10-5-8-14-6-1-3-9-17(14)18/h2,4-5,7-8,10-11,16H,1,3,6,9,12-13H2,(H2,21,22,23)/t16-/m0/s1. The van der Waals surface area contributed by atoms with E-state index in [-0.39, 0.29) is 12.1 Å². The summed E-state index contributed by atoms with van der Waals surface area (Å²) >= 11 is 0. The van der Waals surface area contributed by atoms with Gasteiger partial charge in [-0.05, 0) is 60.9 Å². The molecule has 1 atom stereocenters. The number of rotatable bonds is 2. The highest BCUT2D eigenvalue weighted by molar-refractivity contribution is 5.90. The highest BCUT2D eigenvalue weighted by Crippen LogP contribution is 2.28. The molecule has 4 heteroatoms. The minimum Gasteiger partial charge on any atom is -0.491 e. The van der Waals surface area contributed by atoms with Gasteiger partial charge in [-0.15, -0.1) is 0 Å². The zero-order chi connectivity index (χ0) is 16.4. The van der Waals surface area contributed by atoms with E-state index in [1.807, 2.05) is 30.3 Å². The topological polar surface area (TPSA) is 50.4 Å². The van der Waals surface area contributed by atoms with Gasteiger partial charge in [0.1, 0.15) is 12.4 Å². The summed E-state index contributed by atoms with van der Waals surface area (Å²) in [4.78, 5) is 12.4. The Morgan fingerprint density at radius 1 is 1.00 bits per heavy atom. The highest BCUT2D eigenvalue weighted by Gasteiger charge is 2.21. The van der Waals surface area contributed by atoms with Crippen LogP contribution in [0, 0.1) is 0 Å². The number of para-hydroxylation sites is 1. The van der Waals surface area contributed by atoms with Crippen LogP contribution in [0.1, 0.15) is 29.5 Å². The largest absolute Gasteiger partial charge is 0.491 e. The van der Waals surface area contributed by atoms with Gasteiger partial charge in [0.15, 0.2) is 0 Å². The van der Waals surface area contributed by atoms with E-state index in [2.05, 4.69) is 22.8 Å². The van der Waals surface area contributed by atoms with Gasteiger partial charge in [0.05, 0.1) is 6.04 Å². The van der Waals surface area contributed by atoms with Crippen molar-refractivity contribution >= 4 is 11.7 Å². The Morgan fingerprint density at radius 3 is 2.79 bits per heavy atom. The molecule has 0 bridgehead atoms. The number of hydrogen-bond donors (Lipinski definition) is 2. The molecule has 0 fully saturated rings. The van der Waals surface area contributed by atoms with Crippen LogP contribution in [0.4, 0.5) is 10.5 Å². The molecule has 4 rings (SSSR count). The monoisotopic (exact) mass is 322 g/mol. The number of urea groups is 1. The number of carbonyl (C=O) groups excluding carboxylic acids is 1. The molecule has 2 aromatic rings. The van der Waals surface area contributed by atoms with Gasteiger partial charge in [0, 0.05) is 5.69 Å². The molecule has 124 valence electrons. The fourth-order valence-electron chi connectivity index (χ4n) is 3.66. The maximum absolute atomic E-state index is 12.4. The van der Waals surface area contributed by atoms with Crippen molar-refractivity contribution in [1.82, 2.24) is 5.32 Å². The van der Waals surface area contributed by atoms with E-state index >= 15 is 0 Å². The first-order valence-corrected chi connectivity index (χ1v) is 8.68. The summed E-state index contributed by atoms with van der Waals surface area (Å²) in [5, 5.41) is 6.08. The summed E-state index contributed by atoms with van der Waals surface area (Å²) in [7, 11) is 0. The average molecular weight is 322 g/mol. The Kier molecular flexibility index (Phi) is 4.11. The number of nitrogens with one attached hydrogen (secondary N) is 2. The number of ether oxygens (including phenoxy) is 1. The Labute approximate surface area is 142 Å². The lowest BCUT2D eigenvalue weighted by Gasteiger charge is -2.26. The predicted molar refractivity (Wildman–Crippen MR) is 94.7 cm³/mol. The van der Waals surface area contributed by atoms with Crippen molar-refractivity contribution in [3.63, 3.8) is 0 Å². The SMILES string of the molecule is O=C(Nc1cccc2c1CCCC2)N[C@@H]1COc2ccccc2C1. The smallest absolute Gasteiger partial charge is 0.319 e. The van der Waals surface area contributed by atoms with Crippen LogP contribution in [0.25, 0.3) is 0 Å². The third kappa shape index (κ3) is 3.09. The predicted octanol–water partition coefficient (Wildman–Crippen LogP) is 3.69. The molecule has 1 aliphatic heterocycles. The molecule has 2 aromatic carbocycles. The first-order chi connectivity index (χ1) is 11.8. The summed E-state index contributed by atoms with van der Waals surface area (Å²) in [5.74, 6) is 0.924. The van der Waals surface area contributed by atoms with Gasteiger partial charge >= 0.3 is 6.03 Å². The Hall–Kier alpha value is -2.49. The second-order valence-electron chi connectivity index (χ2n) is 6.57. The van der Waals surface area contributed by atoms with E-state index < -0.39 is 0 Å². The summed E-state index contributed by atoms with van der Waals surface area (Å²) in [5.41, 5.74) is 4.76. The molecule has 24 heavy (non-hydrogen) atoms. The first-order valence-electron chi connectivity index (χ1n) is 8.68. The highest BCUT2D eigenvalue weighted by atomic mass is 16.5. The van der Waals surface area contributed by atoms with Crippen molar-refractivity contribution in [2.24, 2.45) is 0 Å². The van der Waals surface area contributed by atoms with Crippen LogP contribution in [-0.2, 0) is 19.3 Å². The molecule has 2 amide bonds. The van der Waals surface area contributed by atoms with E-state index in [1.165, 1.54) is 24.0 Å². The third-order valence-corrected chi connectivity index (χ3v) is 4.86. The van der Waals surface area contributed by atoms with E-state index in [0.29, 0.717) is 6.61 Å². The summed E-state index contributed by atoms with van der Waals surface area (Å²) in [6.07, 6.45) is 5.39. The molecule has 0 saturated heterocycles. The van der Waals surface area contributed by atoms with Crippen LogP contribution in [0.2, 0.25) is 0 Å². The fraction of sp³-hybridized carbons (Fsp3) is 0.350. The lowest BCUT2D eigenvalue weighted by Crippen LogP contribution is -2.44. The van der Waals surface area contributed by atoms with Gasteiger partial charge < -0.3 is 15.4 Å². The van der Waals surface area contributed by atoms with Crippen LogP contribution < -0.4 is 15.4 Å². The van der Waals surface area contributed by atoms with Crippen molar-refractivity contribution in [3.8, 4) is 5.75 Å². The van der Waals surface area contributed by atoms with Gasteiger partial charge in [-0.3, -0.25) is 0 Å². The lowest BCUT2D eigenvalue weighted by atomic mass is 9.90. The van der Waals surface area contributed by atoms with E-state index in [4.69, 9.17) is 4.74 Å². The van der Waals surface area contributed by atoms with Crippen LogP contribution in [-0.4, -0.2) is 18.7 Å². The maximum Gasteiger partial charge on any atom is 0.319 e. The number of amides is 2. The Morgan fingerprint density at radius 2 is 1.83 bits per heavy atom. The number of aryl methyl sites for hydroxylation is 1. The molecule has 1 aliphatic carbocycles. The molecular formula is C20H22N2O2. The molecule has 0 spiro atoms. The van der Waals surface area contributed by atoms with Crippen LogP contribution >= 0.6 is 0 Å². The molecule has 1 heterocycles. The number of anilines is 1. The van der Waals surface area contributed by atoms with Crippen molar-refractivity contribution in [2.45, 2.75) is 38.1 Å². The lowest BCUT2D eigenvalue weighted by molar-refractivity contribution is 0.222. The summed E-state index contributed by atoms with van der Waals surface area (Å²) in [6, 6.07) is 14.0. The van der Waals surface area contributed by atoms with E-state index in [0.717, 1.165) is 36.3 Å². The molecule has 0 radical (unpaired) electrons. The normalized spacial score (nSPS) is 18.8. The van der Waals surface area contributed by atoms with Crippen LogP contribution in [0.3, 0.4) is 0 Å². The second kappa shape index (κ2) is 6.56. The van der Waals surface area contributed by atoms with Crippen LogP contribution in [0.5, 0.6) is 5.75 Å². The molecule has 0 saturated carbocycles. The summed E-state index contributed by atoms with van der Waals surface area (Å²) in [6.45, 7) is 0.511. The van der Waals surface area contributed by atoms with E-state index in [9.17, 15) is 4.79 Å². The molecule has 0 unspecified atom stereocenters. The zero-order valence-corrected chi connectivity index (χ0v) is 13.7. The molecule has 0 aromatic heterocycles. The molecule has 4 nitrogen and oxygen atoms in total. The number of carbonyl (C=O) groups is 1. The quantitative estimate of drug-likeness (QED) is 0.886. The van der Waals surface area contributed by atoms with Gasteiger partial charge in [-0.1, -0.05) is 30.3 Å². The third-order valence-electron chi connectivity index (χ3n) is 4.86. The number of benzene rings is 2. The first kappa shape index (κ1) is 15.1. The average Bonchev–Trinajstić information content (AvgIpc) is 2.62. The molecule has 2 N–H and O–H groups in total. The minimum atomic E-state index is -0.151. The van der Waals surface area contributed by atoms with Gasteiger partial charge in [0.25, 0.3) is 0 Å². The van der Waals surface area contributed by atoms with E-state index in [1.54, 1.807) is 0 Å². The minimum absolute atomic E-state index is 0.000520. The maximum atomic E-state index is 12.4. The fourth-order valence-corrected chi connectivity index (χ4v) is 3.66. The van der Waals surface area contributed by atoms with Crippen LogP contribution in [0.15, 0.2) is 42.5 Å². The van der Waals surface area contributed by atoms with Crippen molar-refractivity contribution in [3.05, 3.63) is 59.2 Å². The van der Waals surface area contributed by atoms with Crippen molar-refractivity contribution < 1.29 is 9.53 Å². The van der Waals surface area contributed by atoms with Crippen molar-refractivity contribution in [2.75, 3.05) is 11.9 Å². The van der Waals surface area contributed by atoms with Gasteiger partial charge in [-0.2, -0.15) is 0 Å². The Bertz CT molecular complexity index is 757. The van der Waals surface area contributed by atoms with Crippen molar-refractivity contribution in [1.29, 1.82) is 0 Å². The molecular weight excluding hydrogens is 300 g/mol. The second-order valence-corrected chi connectivity index (χ2v) is 6.57. The number of hydrogen-bond acceptors (Lipinski definition) is 2. The molecule has 2 aliphatic rings. The zero-order valence-electron chi connectivity index (χ0n) is 13.7. The number of fused-ring (bicyclic) bond motifs is 2. The Balaban J connectivity index is 1.41. The van der Waals surface area contributed by atoms with Gasteiger partial charge in [-0.25, -0.2) is 4.79 Å². The summed E-state index contributed by atoms with van der Waals surface area (Å²) < 4.78 is 5.74. The van der Waals surface area contributed by atoms with Gasteiger partial charge in [0.2, 0.25) is 0 Å².